The van der Waals surface area contributed by atoms with Gasteiger partial charge in [0.15, 0.2) is 0 Å². The lowest BCUT2D eigenvalue weighted by atomic mass is 10.0. The zero-order valence-electron chi connectivity index (χ0n) is 9.85. The van der Waals surface area contributed by atoms with Crippen LogP contribution in [-0.4, -0.2) is 9.49 Å². The smallest absolute Gasteiger partial charge is 0.293 e. The summed E-state index contributed by atoms with van der Waals surface area (Å²) < 4.78 is 1.25. The summed E-state index contributed by atoms with van der Waals surface area (Å²) in [6.45, 7) is 3.75. The Morgan fingerprint density at radius 3 is 2.24 bits per heavy atom. The van der Waals surface area contributed by atoms with Crippen molar-refractivity contribution in [1.82, 2.24) is 4.57 Å². The van der Waals surface area contributed by atoms with E-state index in [1.165, 1.54) is 17.8 Å². The van der Waals surface area contributed by atoms with Crippen LogP contribution in [0.4, 0.5) is 5.69 Å². The van der Waals surface area contributed by atoms with E-state index in [1.807, 2.05) is 13.8 Å². The van der Waals surface area contributed by atoms with Gasteiger partial charge in [0.05, 0.1) is 21.9 Å². The van der Waals surface area contributed by atoms with Gasteiger partial charge in [0, 0.05) is 7.05 Å². The van der Waals surface area contributed by atoms with Crippen LogP contribution in [0.1, 0.15) is 11.1 Å². The second-order valence-electron chi connectivity index (χ2n) is 4.17. The Labute approximate surface area is 97.5 Å². The molecule has 0 atom stereocenters. The van der Waals surface area contributed by atoms with Gasteiger partial charge in [0.25, 0.3) is 11.2 Å². The van der Waals surface area contributed by atoms with E-state index in [-0.39, 0.29) is 11.2 Å². The number of rotatable bonds is 1. The maximum Gasteiger partial charge on any atom is 0.293 e. The average Bonchev–Trinajstić information content (AvgIpc) is 2.26. The molecule has 0 saturated heterocycles. The number of aromatic nitrogens is 1. The molecule has 5 nitrogen and oxygen atoms in total. The fourth-order valence-corrected chi connectivity index (χ4v) is 1.85. The Morgan fingerprint density at radius 1 is 1.18 bits per heavy atom. The standard InChI is InChI=1S/C12H12N2O3/c1-7-4-9-10(5-8(7)2)12(15)13(3)6-11(9)14(16)17/h4-6H,1-3H3. The fraction of sp³-hybridized carbons (Fsp3) is 0.250. The molecule has 1 aromatic heterocycles. The van der Waals surface area contributed by atoms with Crippen molar-refractivity contribution < 1.29 is 4.92 Å². The molecule has 0 aliphatic heterocycles. The average molecular weight is 232 g/mol. The molecular weight excluding hydrogens is 220 g/mol. The van der Waals surface area contributed by atoms with Gasteiger partial charge in [-0.1, -0.05) is 0 Å². The van der Waals surface area contributed by atoms with Crippen molar-refractivity contribution in [2.24, 2.45) is 7.05 Å². The molecular formula is C12H12N2O3. The van der Waals surface area contributed by atoms with Crippen molar-refractivity contribution in [2.75, 3.05) is 0 Å². The van der Waals surface area contributed by atoms with Crippen LogP contribution in [-0.2, 0) is 7.05 Å². The van der Waals surface area contributed by atoms with Crippen LogP contribution in [0.3, 0.4) is 0 Å². The van der Waals surface area contributed by atoms with E-state index in [0.717, 1.165) is 11.1 Å². The first-order valence-corrected chi connectivity index (χ1v) is 5.17. The molecule has 5 heteroatoms. The normalized spacial score (nSPS) is 10.8. The third-order valence-electron chi connectivity index (χ3n) is 2.97. The first-order chi connectivity index (χ1) is 7.91. The number of nitrogens with zero attached hydrogens (tertiary/aromatic N) is 2. The lowest BCUT2D eigenvalue weighted by Gasteiger charge is -2.06. The highest BCUT2D eigenvalue weighted by atomic mass is 16.6. The minimum Gasteiger partial charge on any atom is -0.311 e. The number of nitro groups is 1. The molecule has 2 aromatic rings. The molecule has 0 saturated carbocycles. The third kappa shape index (κ3) is 1.69. The summed E-state index contributed by atoms with van der Waals surface area (Å²) in [5, 5.41) is 11.8. The first-order valence-electron chi connectivity index (χ1n) is 5.17. The summed E-state index contributed by atoms with van der Waals surface area (Å²) in [6.07, 6.45) is 1.26. The predicted molar refractivity (Wildman–Crippen MR) is 65.3 cm³/mol. The maximum absolute atomic E-state index is 11.9. The van der Waals surface area contributed by atoms with Crippen molar-refractivity contribution in [2.45, 2.75) is 13.8 Å². The van der Waals surface area contributed by atoms with E-state index in [9.17, 15) is 14.9 Å². The SMILES string of the molecule is Cc1cc2c([N+](=O)[O-])cn(C)c(=O)c2cc1C. The molecule has 88 valence electrons. The molecule has 0 aliphatic rings. The number of hydrogen-bond donors (Lipinski definition) is 0. The van der Waals surface area contributed by atoms with Gasteiger partial charge in [0.1, 0.15) is 0 Å². The highest BCUT2D eigenvalue weighted by Crippen LogP contribution is 2.25. The zero-order chi connectivity index (χ0) is 12.7. The van der Waals surface area contributed by atoms with E-state index < -0.39 is 4.92 Å². The lowest BCUT2D eigenvalue weighted by molar-refractivity contribution is -0.383. The Balaban J connectivity index is 3.04. The summed E-state index contributed by atoms with van der Waals surface area (Å²) in [7, 11) is 1.52. The van der Waals surface area contributed by atoms with Gasteiger partial charge >= 0.3 is 0 Å². The molecule has 2 rings (SSSR count). The Kier molecular flexibility index (Phi) is 2.46. The number of benzene rings is 1. The molecule has 0 fully saturated rings. The number of fused-ring (bicyclic) bond motifs is 1. The lowest BCUT2D eigenvalue weighted by Crippen LogP contribution is -2.17. The largest absolute Gasteiger partial charge is 0.311 e. The van der Waals surface area contributed by atoms with Crippen LogP contribution >= 0.6 is 0 Å². The van der Waals surface area contributed by atoms with Crippen LogP contribution < -0.4 is 5.56 Å². The van der Waals surface area contributed by atoms with Gasteiger partial charge in [-0.15, -0.1) is 0 Å². The number of aryl methyl sites for hydroxylation is 3. The van der Waals surface area contributed by atoms with Gasteiger partial charge < -0.3 is 4.57 Å². The monoisotopic (exact) mass is 232 g/mol. The van der Waals surface area contributed by atoms with Crippen molar-refractivity contribution in [1.29, 1.82) is 0 Å². The number of hydrogen-bond acceptors (Lipinski definition) is 3. The van der Waals surface area contributed by atoms with Crippen LogP contribution in [0.15, 0.2) is 23.1 Å². The molecule has 0 N–H and O–H groups in total. The van der Waals surface area contributed by atoms with Crippen molar-refractivity contribution >= 4 is 16.5 Å². The molecule has 0 radical (unpaired) electrons. The van der Waals surface area contributed by atoms with E-state index in [4.69, 9.17) is 0 Å². The second kappa shape index (κ2) is 3.69. The Morgan fingerprint density at radius 2 is 1.71 bits per heavy atom. The molecule has 0 bridgehead atoms. The van der Waals surface area contributed by atoms with Crippen molar-refractivity contribution in [3.63, 3.8) is 0 Å². The zero-order valence-corrected chi connectivity index (χ0v) is 9.85. The summed E-state index contributed by atoms with van der Waals surface area (Å²) in [4.78, 5) is 22.4. The summed E-state index contributed by atoms with van der Waals surface area (Å²) in [5.41, 5.74) is 1.64. The second-order valence-corrected chi connectivity index (χ2v) is 4.17. The molecule has 0 spiro atoms. The van der Waals surface area contributed by atoms with Gasteiger partial charge in [-0.05, 0) is 37.1 Å². The summed E-state index contributed by atoms with van der Waals surface area (Å²) in [5.74, 6) is 0. The number of pyridine rings is 1. The van der Waals surface area contributed by atoms with Crippen LogP contribution in [0.25, 0.3) is 10.8 Å². The molecule has 1 heterocycles. The van der Waals surface area contributed by atoms with Crippen molar-refractivity contribution in [3.05, 3.63) is 49.9 Å². The Bertz CT molecular complexity index is 686. The van der Waals surface area contributed by atoms with Gasteiger partial charge in [-0.25, -0.2) is 0 Å². The van der Waals surface area contributed by atoms with Crippen LogP contribution in [0.5, 0.6) is 0 Å². The molecule has 0 aliphatic carbocycles. The Hall–Kier alpha value is -2.17. The molecule has 1 aromatic carbocycles. The quantitative estimate of drug-likeness (QED) is 0.558. The van der Waals surface area contributed by atoms with E-state index >= 15 is 0 Å². The van der Waals surface area contributed by atoms with Gasteiger partial charge in [0.2, 0.25) is 0 Å². The van der Waals surface area contributed by atoms with Gasteiger partial charge in [-0.3, -0.25) is 14.9 Å². The first kappa shape index (κ1) is 11.3. The van der Waals surface area contributed by atoms with E-state index in [1.54, 1.807) is 12.1 Å². The predicted octanol–water partition coefficient (Wildman–Crippen LogP) is 2.06. The minimum absolute atomic E-state index is 0.0369. The molecule has 0 amide bonds. The maximum atomic E-state index is 11.9. The van der Waals surface area contributed by atoms with E-state index in [0.29, 0.717) is 10.8 Å². The minimum atomic E-state index is -0.462. The molecule has 17 heavy (non-hydrogen) atoms. The molecule has 0 unspecified atom stereocenters. The third-order valence-corrected chi connectivity index (χ3v) is 2.97. The van der Waals surface area contributed by atoms with Gasteiger partial charge in [-0.2, -0.15) is 0 Å². The van der Waals surface area contributed by atoms with Crippen molar-refractivity contribution in [3.8, 4) is 0 Å². The highest BCUT2D eigenvalue weighted by molar-refractivity contribution is 5.90. The summed E-state index contributed by atoms with van der Waals surface area (Å²) >= 11 is 0. The topological polar surface area (TPSA) is 65.1 Å². The van der Waals surface area contributed by atoms with Crippen LogP contribution in [0, 0.1) is 24.0 Å². The highest BCUT2D eigenvalue weighted by Gasteiger charge is 2.16. The van der Waals surface area contributed by atoms with E-state index in [2.05, 4.69) is 0 Å². The summed E-state index contributed by atoms with van der Waals surface area (Å²) in [6, 6.07) is 3.41. The fourth-order valence-electron chi connectivity index (χ4n) is 1.85. The van der Waals surface area contributed by atoms with Crippen LogP contribution in [0.2, 0.25) is 0 Å².